The van der Waals surface area contributed by atoms with Gasteiger partial charge in [0.05, 0.1) is 6.61 Å². The molecule has 0 bridgehead atoms. The van der Waals surface area contributed by atoms with Gasteiger partial charge < -0.3 is 4.74 Å². The summed E-state index contributed by atoms with van der Waals surface area (Å²) in [5, 5.41) is 0. The Labute approximate surface area is 75.7 Å². The van der Waals surface area contributed by atoms with Crippen LogP contribution >= 0.6 is 15.9 Å². The van der Waals surface area contributed by atoms with E-state index in [1.54, 1.807) is 13.0 Å². The van der Waals surface area contributed by atoms with Crippen molar-refractivity contribution in [2.24, 2.45) is 5.92 Å². The lowest BCUT2D eigenvalue weighted by Gasteiger charge is -2.12. The van der Waals surface area contributed by atoms with Gasteiger partial charge in [0.2, 0.25) is 0 Å². The Bertz CT molecular complexity index is 145. The maximum atomic E-state index is 11.0. The van der Waals surface area contributed by atoms with E-state index in [1.165, 1.54) is 0 Å². The standard InChI is InChI=1S/C8H13BrO2/c1-4-6(3)7(9)8(10)11-5-2/h4,6-7H,1,5H2,2-3H3/t6-,7-/m1/s1. The van der Waals surface area contributed by atoms with E-state index in [2.05, 4.69) is 22.5 Å². The molecule has 11 heavy (non-hydrogen) atoms. The van der Waals surface area contributed by atoms with Crippen molar-refractivity contribution in [1.82, 2.24) is 0 Å². The zero-order valence-corrected chi connectivity index (χ0v) is 8.43. The van der Waals surface area contributed by atoms with Gasteiger partial charge in [-0.15, -0.1) is 6.58 Å². The number of hydrogen-bond donors (Lipinski definition) is 0. The molecule has 3 heteroatoms. The van der Waals surface area contributed by atoms with Crippen LogP contribution in [-0.2, 0) is 9.53 Å². The van der Waals surface area contributed by atoms with Crippen LogP contribution < -0.4 is 0 Å². The highest BCUT2D eigenvalue weighted by Gasteiger charge is 2.20. The molecule has 0 saturated carbocycles. The van der Waals surface area contributed by atoms with E-state index in [0.717, 1.165) is 0 Å². The Hall–Kier alpha value is -0.310. The predicted octanol–water partition coefficient (Wildman–Crippen LogP) is 2.14. The second-order valence-electron chi connectivity index (χ2n) is 2.25. The molecule has 0 spiro atoms. The number of alkyl halides is 1. The Morgan fingerprint density at radius 3 is 2.73 bits per heavy atom. The Balaban J connectivity index is 3.90. The van der Waals surface area contributed by atoms with Crippen LogP contribution in [0.3, 0.4) is 0 Å². The average Bonchev–Trinajstić information content (AvgIpc) is 2.02. The van der Waals surface area contributed by atoms with Gasteiger partial charge in [-0.1, -0.05) is 28.9 Å². The summed E-state index contributed by atoms with van der Waals surface area (Å²) in [6, 6.07) is 0. The van der Waals surface area contributed by atoms with E-state index in [4.69, 9.17) is 4.74 Å². The van der Waals surface area contributed by atoms with Crippen LogP contribution in [0.15, 0.2) is 12.7 Å². The molecular weight excluding hydrogens is 208 g/mol. The summed E-state index contributed by atoms with van der Waals surface area (Å²) < 4.78 is 4.79. The van der Waals surface area contributed by atoms with Crippen molar-refractivity contribution in [3.8, 4) is 0 Å². The van der Waals surface area contributed by atoms with Gasteiger partial charge in [0, 0.05) is 0 Å². The van der Waals surface area contributed by atoms with Gasteiger partial charge in [0.1, 0.15) is 4.83 Å². The van der Waals surface area contributed by atoms with Crippen LogP contribution in [0.4, 0.5) is 0 Å². The third-order valence-corrected chi connectivity index (χ3v) is 2.55. The fourth-order valence-electron chi connectivity index (χ4n) is 0.556. The number of allylic oxidation sites excluding steroid dienone is 1. The second-order valence-corrected chi connectivity index (χ2v) is 3.24. The molecule has 0 rings (SSSR count). The monoisotopic (exact) mass is 220 g/mol. The molecule has 0 N–H and O–H groups in total. The molecular formula is C8H13BrO2. The first-order chi connectivity index (χ1) is 5.13. The van der Waals surface area contributed by atoms with Crippen LogP contribution in [-0.4, -0.2) is 17.4 Å². The highest BCUT2D eigenvalue weighted by atomic mass is 79.9. The fourth-order valence-corrected chi connectivity index (χ4v) is 0.904. The molecule has 0 aromatic heterocycles. The summed E-state index contributed by atoms with van der Waals surface area (Å²) in [6.07, 6.45) is 1.72. The number of carbonyl (C=O) groups is 1. The van der Waals surface area contributed by atoms with Crippen LogP contribution in [0.5, 0.6) is 0 Å². The molecule has 0 amide bonds. The highest BCUT2D eigenvalue weighted by molar-refractivity contribution is 9.10. The van der Waals surface area contributed by atoms with Gasteiger partial charge in [-0.05, 0) is 12.8 Å². The van der Waals surface area contributed by atoms with Gasteiger partial charge in [-0.25, -0.2) is 0 Å². The molecule has 0 aliphatic heterocycles. The second kappa shape index (κ2) is 5.35. The number of carbonyl (C=O) groups excluding carboxylic acids is 1. The molecule has 0 saturated heterocycles. The summed E-state index contributed by atoms with van der Waals surface area (Å²) in [5.41, 5.74) is 0. The maximum Gasteiger partial charge on any atom is 0.320 e. The van der Waals surface area contributed by atoms with Crippen molar-refractivity contribution in [2.75, 3.05) is 6.61 Å². The van der Waals surface area contributed by atoms with Crippen molar-refractivity contribution in [3.05, 3.63) is 12.7 Å². The quantitative estimate of drug-likeness (QED) is 0.413. The summed E-state index contributed by atoms with van der Waals surface area (Å²) in [6.45, 7) is 7.70. The smallest absolute Gasteiger partial charge is 0.320 e. The molecule has 0 unspecified atom stereocenters. The Kier molecular flexibility index (Phi) is 5.20. The molecule has 64 valence electrons. The Morgan fingerprint density at radius 1 is 1.82 bits per heavy atom. The van der Waals surface area contributed by atoms with E-state index in [1.807, 2.05) is 6.92 Å². The van der Waals surface area contributed by atoms with E-state index >= 15 is 0 Å². The third-order valence-electron chi connectivity index (χ3n) is 1.35. The lowest BCUT2D eigenvalue weighted by Crippen LogP contribution is -2.22. The first kappa shape index (κ1) is 10.7. The van der Waals surface area contributed by atoms with Crippen molar-refractivity contribution < 1.29 is 9.53 Å². The zero-order chi connectivity index (χ0) is 8.85. The normalized spacial score (nSPS) is 15.2. The molecule has 0 aliphatic rings. The average molecular weight is 221 g/mol. The minimum atomic E-state index is -0.264. The summed E-state index contributed by atoms with van der Waals surface area (Å²) >= 11 is 3.22. The molecule has 2 nitrogen and oxygen atoms in total. The molecule has 0 aliphatic carbocycles. The van der Waals surface area contributed by atoms with Crippen molar-refractivity contribution in [2.45, 2.75) is 18.7 Å². The van der Waals surface area contributed by atoms with Crippen LogP contribution in [0.1, 0.15) is 13.8 Å². The Morgan fingerprint density at radius 2 is 2.36 bits per heavy atom. The van der Waals surface area contributed by atoms with Gasteiger partial charge in [-0.2, -0.15) is 0 Å². The minimum Gasteiger partial charge on any atom is -0.465 e. The van der Waals surface area contributed by atoms with Crippen molar-refractivity contribution in [3.63, 3.8) is 0 Å². The van der Waals surface area contributed by atoms with E-state index in [0.29, 0.717) is 6.61 Å². The largest absolute Gasteiger partial charge is 0.465 e. The first-order valence-electron chi connectivity index (χ1n) is 3.56. The number of ether oxygens (including phenoxy) is 1. The lowest BCUT2D eigenvalue weighted by atomic mass is 10.1. The summed E-state index contributed by atoms with van der Waals surface area (Å²) in [5.74, 6) is -0.117. The molecule has 0 heterocycles. The van der Waals surface area contributed by atoms with E-state index < -0.39 is 0 Å². The predicted molar refractivity (Wildman–Crippen MR) is 48.7 cm³/mol. The van der Waals surface area contributed by atoms with Gasteiger partial charge in [0.25, 0.3) is 0 Å². The van der Waals surface area contributed by atoms with Crippen molar-refractivity contribution in [1.29, 1.82) is 0 Å². The molecule has 0 aromatic rings. The summed E-state index contributed by atoms with van der Waals surface area (Å²) in [7, 11) is 0. The number of halogens is 1. The number of esters is 1. The topological polar surface area (TPSA) is 26.3 Å². The van der Waals surface area contributed by atoms with Gasteiger partial charge in [0.15, 0.2) is 0 Å². The first-order valence-corrected chi connectivity index (χ1v) is 4.48. The van der Waals surface area contributed by atoms with Crippen LogP contribution in [0.2, 0.25) is 0 Å². The zero-order valence-electron chi connectivity index (χ0n) is 6.84. The molecule has 0 aromatic carbocycles. The van der Waals surface area contributed by atoms with Crippen LogP contribution in [0.25, 0.3) is 0 Å². The number of hydrogen-bond acceptors (Lipinski definition) is 2. The number of rotatable bonds is 4. The molecule has 0 radical (unpaired) electrons. The minimum absolute atomic E-state index is 0.106. The van der Waals surface area contributed by atoms with Gasteiger partial charge in [-0.3, -0.25) is 4.79 Å². The molecule has 0 fully saturated rings. The third kappa shape index (κ3) is 3.56. The summed E-state index contributed by atoms with van der Waals surface area (Å²) in [4.78, 5) is 10.8. The maximum absolute atomic E-state index is 11.0. The highest BCUT2D eigenvalue weighted by Crippen LogP contribution is 2.14. The van der Waals surface area contributed by atoms with Crippen LogP contribution in [0, 0.1) is 5.92 Å². The van der Waals surface area contributed by atoms with E-state index in [9.17, 15) is 4.79 Å². The molecule has 2 atom stereocenters. The van der Waals surface area contributed by atoms with Crippen molar-refractivity contribution >= 4 is 21.9 Å². The fraction of sp³-hybridized carbons (Fsp3) is 0.625. The lowest BCUT2D eigenvalue weighted by molar-refractivity contribution is -0.142. The van der Waals surface area contributed by atoms with Gasteiger partial charge >= 0.3 is 5.97 Å². The van der Waals surface area contributed by atoms with E-state index in [-0.39, 0.29) is 16.7 Å². The SMILES string of the molecule is C=C[C@@H](C)[C@@H](Br)C(=O)OCC.